The molecule has 1 atom stereocenters. The highest BCUT2D eigenvalue weighted by Crippen LogP contribution is 2.02. The standard InChI is InChI=1S/C11H17N3O4/c1-7(11(16)17)6-12-9(15)4-3-5-10-13-8(2)14-18-10/h7H,3-6H2,1-2H3,(H,12,15)(H,16,17). The van der Waals surface area contributed by atoms with Crippen molar-refractivity contribution >= 4 is 11.9 Å². The zero-order valence-electron chi connectivity index (χ0n) is 10.5. The van der Waals surface area contributed by atoms with Crippen LogP contribution in [0.2, 0.25) is 0 Å². The molecule has 0 aliphatic heterocycles. The van der Waals surface area contributed by atoms with Crippen LogP contribution >= 0.6 is 0 Å². The maximum absolute atomic E-state index is 11.4. The predicted molar refractivity (Wildman–Crippen MR) is 61.8 cm³/mol. The molecule has 0 radical (unpaired) electrons. The van der Waals surface area contributed by atoms with Crippen molar-refractivity contribution in [3.05, 3.63) is 11.7 Å². The van der Waals surface area contributed by atoms with Gasteiger partial charge in [0, 0.05) is 19.4 Å². The van der Waals surface area contributed by atoms with Gasteiger partial charge in [-0.3, -0.25) is 9.59 Å². The Hall–Kier alpha value is -1.92. The summed E-state index contributed by atoms with van der Waals surface area (Å²) in [7, 11) is 0. The van der Waals surface area contributed by atoms with Crippen molar-refractivity contribution in [1.29, 1.82) is 0 Å². The topological polar surface area (TPSA) is 105 Å². The number of carboxylic acid groups (broad SMARTS) is 1. The second-order valence-electron chi connectivity index (χ2n) is 4.13. The van der Waals surface area contributed by atoms with E-state index in [9.17, 15) is 9.59 Å². The minimum atomic E-state index is -0.920. The molecule has 1 aromatic rings. The molecule has 2 N–H and O–H groups in total. The van der Waals surface area contributed by atoms with Crippen LogP contribution in [0.15, 0.2) is 4.52 Å². The smallest absolute Gasteiger partial charge is 0.308 e. The lowest BCUT2D eigenvalue weighted by Crippen LogP contribution is -2.31. The van der Waals surface area contributed by atoms with Gasteiger partial charge in [-0.05, 0) is 13.3 Å². The van der Waals surface area contributed by atoms with Gasteiger partial charge in [-0.25, -0.2) is 0 Å². The third-order valence-corrected chi connectivity index (χ3v) is 2.39. The van der Waals surface area contributed by atoms with E-state index in [1.165, 1.54) is 0 Å². The summed E-state index contributed by atoms with van der Waals surface area (Å²) in [5, 5.41) is 14.9. The predicted octanol–water partition coefficient (Wildman–Crippen LogP) is 0.538. The lowest BCUT2D eigenvalue weighted by atomic mass is 10.2. The average Bonchev–Trinajstić information content (AvgIpc) is 2.71. The molecular formula is C11H17N3O4. The molecule has 0 bridgehead atoms. The summed E-state index contributed by atoms with van der Waals surface area (Å²) in [6.45, 7) is 3.42. The van der Waals surface area contributed by atoms with Crippen LogP contribution in [0.4, 0.5) is 0 Å². The second kappa shape index (κ2) is 6.73. The summed E-state index contributed by atoms with van der Waals surface area (Å²) in [5.74, 6) is -0.576. The summed E-state index contributed by atoms with van der Waals surface area (Å²) in [5.41, 5.74) is 0. The molecule has 0 saturated heterocycles. The quantitative estimate of drug-likeness (QED) is 0.736. The van der Waals surface area contributed by atoms with E-state index in [0.717, 1.165) is 0 Å². The molecule has 1 heterocycles. The molecule has 0 aliphatic carbocycles. The summed E-state index contributed by atoms with van der Waals surface area (Å²) in [4.78, 5) is 25.9. The molecule has 0 fully saturated rings. The Morgan fingerprint density at radius 1 is 1.50 bits per heavy atom. The second-order valence-corrected chi connectivity index (χ2v) is 4.13. The fourth-order valence-electron chi connectivity index (χ4n) is 1.28. The monoisotopic (exact) mass is 255 g/mol. The number of carboxylic acids is 1. The molecule has 7 heteroatoms. The molecule has 7 nitrogen and oxygen atoms in total. The van der Waals surface area contributed by atoms with Crippen LogP contribution in [-0.4, -0.2) is 33.7 Å². The van der Waals surface area contributed by atoms with Crippen molar-refractivity contribution in [3.8, 4) is 0 Å². The lowest BCUT2D eigenvalue weighted by Gasteiger charge is -2.07. The fourth-order valence-corrected chi connectivity index (χ4v) is 1.28. The first kappa shape index (κ1) is 14.1. The van der Waals surface area contributed by atoms with Crippen molar-refractivity contribution < 1.29 is 19.2 Å². The summed E-state index contributed by atoms with van der Waals surface area (Å²) in [6.07, 6.45) is 1.45. The third-order valence-electron chi connectivity index (χ3n) is 2.39. The number of rotatable bonds is 7. The van der Waals surface area contributed by atoms with Gasteiger partial charge in [-0.2, -0.15) is 4.98 Å². The number of nitrogens with zero attached hydrogens (tertiary/aromatic N) is 2. The van der Waals surface area contributed by atoms with Crippen LogP contribution in [0.25, 0.3) is 0 Å². The van der Waals surface area contributed by atoms with E-state index in [-0.39, 0.29) is 12.5 Å². The van der Waals surface area contributed by atoms with Crippen LogP contribution in [0, 0.1) is 12.8 Å². The highest BCUT2D eigenvalue weighted by molar-refractivity contribution is 5.77. The number of nitrogens with one attached hydrogen (secondary N) is 1. The van der Waals surface area contributed by atoms with Gasteiger partial charge >= 0.3 is 5.97 Å². The molecule has 0 aromatic carbocycles. The van der Waals surface area contributed by atoms with Crippen LogP contribution < -0.4 is 5.32 Å². The summed E-state index contributed by atoms with van der Waals surface area (Å²) >= 11 is 0. The van der Waals surface area contributed by atoms with Crippen LogP contribution in [-0.2, 0) is 16.0 Å². The fraction of sp³-hybridized carbons (Fsp3) is 0.636. The van der Waals surface area contributed by atoms with E-state index >= 15 is 0 Å². The SMILES string of the molecule is Cc1noc(CCCC(=O)NCC(C)C(=O)O)n1. The van der Waals surface area contributed by atoms with E-state index in [1.54, 1.807) is 13.8 Å². The first-order chi connectivity index (χ1) is 8.49. The molecule has 0 spiro atoms. The summed E-state index contributed by atoms with van der Waals surface area (Å²) < 4.78 is 4.91. The van der Waals surface area contributed by atoms with Crippen LogP contribution in [0.1, 0.15) is 31.5 Å². The Morgan fingerprint density at radius 2 is 2.22 bits per heavy atom. The van der Waals surface area contributed by atoms with Crippen molar-refractivity contribution in [2.75, 3.05) is 6.54 Å². The number of carbonyl (C=O) groups excluding carboxylic acids is 1. The first-order valence-corrected chi connectivity index (χ1v) is 5.77. The molecule has 1 rings (SSSR count). The molecular weight excluding hydrogens is 238 g/mol. The number of hydrogen-bond donors (Lipinski definition) is 2. The van der Waals surface area contributed by atoms with Gasteiger partial charge in [0.2, 0.25) is 11.8 Å². The van der Waals surface area contributed by atoms with Crippen LogP contribution in [0.5, 0.6) is 0 Å². The zero-order valence-corrected chi connectivity index (χ0v) is 10.5. The Balaban J connectivity index is 2.15. The van der Waals surface area contributed by atoms with Crippen molar-refractivity contribution in [2.45, 2.75) is 33.1 Å². The number of aromatic nitrogens is 2. The molecule has 1 aromatic heterocycles. The largest absolute Gasteiger partial charge is 0.481 e. The van der Waals surface area contributed by atoms with E-state index in [1.807, 2.05) is 0 Å². The Kier molecular flexibility index (Phi) is 5.29. The lowest BCUT2D eigenvalue weighted by molar-refractivity contribution is -0.141. The maximum Gasteiger partial charge on any atom is 0.308 e. The minimum absolute atomic E-state index is 0.147. The zero-order chi connectivity index (χ0) is 13.5. The Labute approximate surface area is 105 Å². The number of aliphatic carboxylic acids is 1. The van der Waals surface area contributed by atoms with Gasteiger partial charge in [-0.15, -0.1) is 0 Å². The van der Waals surface area contributed by atoms with Crippen molar-refractivity contribution in [1.82, 2.24) is 15.5 Å². The average molecular weight is 255 g/mol. The number of aryl methyl sites for hydroxylation is 2. The van der Waals surface area contributed by atoms with E-state index in [2.05, 4.69) is 15.5 Å². The molecule has 0 saturated carbocycles. The van der Waals surface area contributed by atoms with Crippen molar-refractivity contribution in [2.24, 2.45) is 5.92 Å². The van der Waals surface area contributed by atoms with Gasteiger partial charge < -0.3 is 14.9 Å². The maximum atomic E-state index is 11.4. The molecule has 100 valence electrons. The van der Waals surface area contributed by atoms with Gasteiger partial charge in [0.05, 0.1) is 5.92 Å². The van der Waals surface area contributed by atoms with Gasteiger partial charge in [0.25, 0.3) is 0 Å². The molecule has 18 heavy (non-hydrogen) atoms. The van der Waals surface area contributed by atoms with Crippen molar-refractivity contribution in [3.63, 3.8) is 0 Å². The van der Waals surface area contributed by atoms with E-state index < -0.39 is 11.9 Å². The number of amides is 1. The molecule has 0 aliphatic rings. The normalized spacial score (nSPS) is 12.1. The summed E-state index contributed by atoms with van der Waals surface area (Å²) in [6, 6.07) is 0. The van der Waals surface area contributed by atoms with Gasteiger partial charge in [0.15, 0.2) is 5.82 Å². The number of hydrogen-bond acceptors (Lipinski definition) is 5. The Morgan fingerprint density at radius 3 is 2.78 bits per heavy atom. The first-order valence-electron chi connectivity index (χ1n) is 5.77. The molecule has 1 amide bonds. The van der Waals surface area contributed by atoms with Gasteiger partial charge in [-0.1, -0.05) is 12.1 Å². The highest BCUT2D eigenvalue weighted by Gasteiger charge is 2.12. The van der Waals surface area contributed by atoms with Crippen LogP contribution in [0.3, 0.4) is 0 Å². The number of carbonyl (C=O) groups is 2. The van der Waals surface area contributed by atoms with E-state index in [4.69, 9.17) is 9.63 Å². The molecule has 1 unspecified atom stereocenters. The third kappa shape index (κ3) is 4.94. The van der Waals surface area contributed by atoms with Gasteiger partial charge in [0.1, 0.15) is 0 Å². The van der Waals surface area contributed by atoms with E-state index in [0.29, 0.717) is 31.0 Å². The minimum Gasteiger partial charge on any atom is -0.481 e. The Bertz CT molecular complexity index is 416. The highest BCUT2D eigenvalue weighted by atomic mass is 16.5.